The van der Waals surface area contributed by atoms with E-state index in [0.717, 1.165) is 66.8 Å². The predicted octanol–water partition coefficient (Wildman–Crippen LogP) is 12.7. The Balaban J connectivity index is 0.000000329. The van der Waals surface area contributed by atoms with Crippen molar-refractivity contribution in [2.75, 3.05) is 0 Å². The number of ketones is 2. The van der Waals surface area contributed by atoms with Crippen LogP contribution in [0.2, 0.25) is 0 Å². The molecule has 0 saturated carbocycles. The van der Waals surface area contributed by atoms with Gasteiger partial charge in [-0.3, -0.25) is 9.59 Å². The molecule has 4 aromatic rings. The number of phenolic OH excluding ortho intramolecular Hbond substituents is 1. The highest BCUT2D eigenvalue weighted by molar-refractivity contribution is 6.10. The molecule has 0 spiro atoms. The highest BCUT2D eigenvalue weighted by Crippen LogP contribution is 2.32. The molecule has 0 unspecified atom stereocenters. The van der Waals surface area contributed by atoms with Crippen molar-refractivity contribution in [3.05, 3.63) is 137 Å². The SMILES string of the molecule is Cc1cc(/C=C/C(=O)c2c(C)c(C)c(C)c(C)c2C)cc(C)c1O.Cc1cc(/C=C/C(=O)c2c(C)c(C)c(C)c(C)c2C)cc(C)c1OC(C)(C)C(=O)OC(C)(C)C. The molecule has 4 rings (SSSR count). The maximum absolute atomic E-state index is 13.1. The first-order valence-corrected chi connectivity index (χ1v) is 20.0. The summed E-state index contributed by atoms with van der Waals surface area (Å²) in [5.41, 5.74) is 16.5. The van der Waals surface area contributed by atoms with Gasteiger partial charge in [-0.25, -0.2) is 4.79 Å². The number of hydrogen-bond acceptors (Lipinski definition) is 6. The van der Waals surface area contributed by atoms with Crippen LogP contribution in [0, 0.1) is 96.9 Å². The molecular weight excluding hydrogens is 721 g/mol. The molecule has 0 amide bonds. The monoisotopic (exact) mass is 786 g/mol. The van der Waals surface area contributed by atoms with E-state index in [1.807, 2.05) is 113 Å². The number of allylic oxidation sites excluding steroid dienone is 2. The first-order chi connectivity index (χ1) is 26.6. The minimum Gasteiger partial charge on any atom is -0.507 e. The molecule has 0 saturated heterocycles. The molecule has 0 radical (unpaired) electrons. The van der Waals surface area contributed by atoms with Gasteiger partial charge in [0.05, 0.1) is 0 Å². The molecule has 0 heterocycles. The van der Waals surface area contributed by atoms with Crippen molar-refractivity contribution in [2.45, 2.75) is 143 Å². The van der Waals surface area contributed by atoms with Crippen LogP contribution in [-0.2, 0) is 9.53 Å². The lowest BCUT2D eigenvalue weighted by atomic mass is 9.87. The number of aryl methyl sites for hydroxylation is 4. The van der Waals surface area contributed by atoms with Crippen LogP contribution in [0.3, 0.4) is 0 Å². The van der Waals surface area contributed by atoms with Crippen molar-refractivity contribution in [3.8, 4) is 11.5 Å². The minimum atomic E-state index is -1.13. The van der Waals surface area contributed by atoms with Crippen LogP contribution >= 0.6 is 0 Å². The molecule has 1 N–H and O–H groups in total. The topological polar surface area (TPSA) is 89.9 Å². The fourth-order valence-electron chi connectivity index (χ4n) is 7.27. The van der Waals surface area contributed by atoms with Gasteiger partial charge >= 0.3 is 5.97 Å². The van der Waals surface area contributed by atoms with Crippen molar-refractivity contribution < 1.29 is 29.0 Å². The van der Waals surface area contributed by atoms with Crippen LogP contribution in [0.5, 0.6) is 11.5 Å². The van der Waals surface area contributed by atoms with E-state index in [9.17, 15) is 19.5 Å². The number of phenols is 1. The van der Waals surface area contributed by atoms with E-state index in [1.165, 1.54) is 33.4 Å². The maximum Gasteiger partial charge on any atom is 0.350 e. The van der Waals surface area contributed by atoms with Crippen molar-refractivity contribution in [3.63, 3.8) is 0 Å². The lowest BCUT2D eigenvalue weighted by Gasteiger charge is -2.30. The molecule has 0 aromatic heterocycles. The van der Waals surface area contributed by atoms with Gasteiger partial charge in [-0.1, -0.05) is 12.2 Å². The number of benzene rings is 4. The number of carbonyl (C=O) groups excluding carboxylic acids is 3. The van der Waals surface area contributed by atoms with Gasteiger partial charge in [0.25, 0.3) is 0 Å². The van der Waals surface area contributed by atoms with Crippen LogP contribution in [0.25, 0.3) is 12.2 Å². The molecule has 6 heteroatoms. The average Bonchev–Trinajstić information content (AvgIpc) is 3.13. The van der Waals surface area contributed by atoms with Gasteiger partial charge in [0.15, 0.2) is 17.2 Å². The summed E-state index contributed by atoms with van der Waals surface area (Å²) in [7, 11) is 0. The van der Waals surface area contributed by atoms with Crippen LogP contribution in [0.4, 0.5) is 0 Å². The minimum absolute atomic E-state index is 0.00268. The van der Waals surface area contributed by atoms with Crippen molar-refractivity contribution in [1.29, 1.82) is 0 Å². The third-order valence-corrected chi connectivity index (χ3v) is 11.6. The summed E-state index contributed by atoms with van der Waals surface area (Å²) in [6, 6.07) is 7.69. The summed E-state index contributed by atoms with van der Waals surface area (Å²) in [5.74, 6) is 0.580. The Labute approximate surface area is 348 Å². The van der Waals surface area contributed by atoms with Gasteiger partial charge in [-0.2, -0.15) is 0 Å². The van der Waals surface area contributed by atoms with Crippen LogP contribution in [0.15, 0.2) is 36.4 Å². The second-order valence-electron chi connectivity index (χ2n) is 17.5. The zero-order chi connectivity index (χ0) is 44.4. The molecule has 0 aliphatic rings. The Kier molecular flexibility index (Phi) is 14.7. The zero-order valence-electron chi connectivity index (χ0n) is 38.6. The van der Waals surface area contributed by atoms with Crippen molar-refractivity contribution in [1.82, 2.24) is 0 Å². The highest BCUT2D eigenvalue weighted by Gasteiger charge is 2.35. The van der Waals surface area contributed by atoms with Crippen LogP contribution < -0.4 is 4.74 Å². The second-order valence-corrected chi connectivity index (χ2v) is 17.5. The number of aromatic hydroxyl groups is 1. The standard InChI is InChI=1S/C30H40O4.C22H26O2/c1-17-15-24(13-14-25(31)26-22(6)20(4)19(3)21(5)23(26)7)16-18(2)27(17)33-30(11,12)28(32)34-29(8,9)10;1-12-10-19(11-13(2)22(12)24)8-9-20(23)21-17(6)15(4)14(3)16(5)18(21)7/h13-16H,1-12H3;8-11,24H,1-7H3/b14-13+;9-8+. The van der Waals surface area contributed by atoms with Gasteiger partial charge in [0.1, 0.15) is 17.1 Å². The molecule has 310 valence electrons. The van der Waals surface area contributed by atoms with E-state index in [-0.39, 0.29) is 11.6 Å². The molecule has 6 nitrogen and oxygen atoms in total. The Morgan fingerprint density at radius 1 is 0.483 bits per heavy atom. The van der Waals surface area contributed by atoms with Gasteiger partial charge < -0.3 is 14.6 Å². The summed E-state index contributed by atoms with van der Waals surface area (Å²) in [6.07, 6.45) is 6.94. The number of hydrogen-bond donors (Lipinski definition) is 1. The summed E-state index contributed by atoms with van der Waals surface area (Å²) in [6.45, 7) is 37.1. The van der Waals surface area contributed by atoms with E-state index >= 15 is 0 Å². The largest absolute Gasteiger partial charge is 0.507 e. The zero-order valence-corrected chi connectivity index (χ0v) is 38.6. The quantitative estimate of drug-likeness (QED) is 0.103. The van der Waals surface area contributed by atoms with E-state index < -0.39 is 17.2 Å². The van der Waals surface area contributed by atoms with E-state index in [1.54, 1.807) is 26.0 Å². The third kappa shape index (κ3) is 10.6. The van der Waals surface area contributed by atoms with Gasteiger partial charge in [-0.05, 0) is 257 Å². The van der Waals surface area contributed by atoms with E-state index in [0.29, 0.717) is 11.5 Å². The average molecular weight is 787 g/mol. The molecule has 58 heavy (non-hydrogen) atoms. The van der Waals surface area contributed by atoms with Gasteiger partial charge in [-0.15, -0.1) is 0 Å². The van der Waals surface area contributed by atoms with Gasteiger partial charge in [0.2, 0.25) is 0 Å². The number of esters is 1. The summed E-state index contributed by atoms with van der Waals surface area (Å²) < 4.78 is 11.6. The Morgan fingerprint density at radius 3 is 1.09 bits per heavy atom. The number of ether oxygens (including phenoxy) is 2. The molecular formula is C52H66O6. The van der Waals surface area contributed by atoms with Gasteiger partial charge in [0, 0.05) is 11.1 Å². The van der Waals surface area contributed by atoms with Crippen LogP contribution in [0.1, 0.15) is 144 Å². The summed E-state index contributed by atoms with van der Waals surface area (Å²) in [4.78, 5) is 38.5. The summed E-state index contributed by atoms with van der Waals surface area (Å²) >= 11 is 0. The number of carbonyl (C=O) groups is 3. The van der Waals surface area contributed by atoms with E-state index in [4.69, 9.17) is 9.47 Å². The second kappa shape index (κ2) is 18.1. The number of rotatable bonds is 9. The van der Waals surface area contributed by atoms with Crippen molar-refractivity contribution >= 4 is 29.7 Å². The summed E-state index contributed by atoms with van der Waals surface area (Å²) in [5, 5.41) is 9.85. The smallest absolute Gasteiger partial charge is 0.350 e. The maximum atomic E-state index is 13.1. The Hall–Kier alpha value is -5.23. The fourth-order valence-corrected chi connectivity index (χ4v) is 7.27. The van der Waals surface area contributed by atoms with Crippen LogP contribution in [-0.4, -0.2) is 33.8 Å². The molecule has 0 bridgehead atoms. The molecule has 4 aromatic carbocycles. The van der Waals surface area contributed by atoms with Crippen molar-refractivity contribution in [2.24, 2.45) is 0 Å². The first-order valence-electron chi connectivity index (χ1n) is 20.0. The third-order valence-electron chi connectivity index (χ3n) is 11.6. The Bertz CT molecular complexity index is 2230. The molecule has 0 fully saturated rings. The lowest BCUT2D eigenvalue weighted by molar-refractivity contribution is -0.171. The Morgan fingerprint density at radius 2 is 0.776 bits per heavy atom. The highest BCUT2D eigenvalue weighted by atomic mass is 16.6. The lowest BCUT2D eigenvalue weighted by Crippen LogP contribution is -2.43. The molecule has 0 aliphatic heterocycles. The normalized spacial score (nSPS) is 11.8. The fraction of sp³-hybridized carbons (Fsp3) is 0.404. The molecule has 0 atom stereocenters. The first kappa shape index (κ1) is 47.1. The molecule has 0 aliphatic carbocycles. The van der Waals surface area contributed by atoms with E-state index in [2.05, 4.69) is 41.5 Å². The predicted molar refractivity (Wildman–Crippen MR) is 241 cm³/mol.